The molecule has 0 spiro atoms. The number of nitrogens with one attached hydrogen (secondary N) is 4. The van der Waals surface area contributed by atoms with Crippen molar-refractivity contribution in [1.82, 2.24) is 21.3 Å². The van der Waals surface area contributed by atoms with Crippen molar-refractivity contribution in [2.24, 2.45) is 11.3 Å². The minimum atomic E-state index is -1.18. The molecule has 69 heavy (non-hydrogen) atoms. The summed E-state index contributed by atoms with van der Waals surface area (Å²) in [6, 6.07) is -1.14. The van der Waals surface area contributed by atoms with Crippen molar-refractivity contribution in [3.8, 4) is 0 Å². The first-order valence-electron chi connectivity index (χ1n) is 24.9. The van der Waals surface area contributed by atoms with Crippen molar-refractivity contribution >= 4 is 49.1 Å². The van der Waals surface area contributed by atoms with Gasteiger partial charge in [-0.05, 0) is 37.0 Å². The Labute approximate surface area is 416 Å². The molecule has 0 saturated carbocycles. The fourth-order valence-corrected chi connectivity index (χ4v) is 5.52. The van der Waals surface area contributed by atoms with E-state index in [2.05, 4.69) is 62.8 Å². The van der Waals surface area contributed by atoms with Crippen LogP contribution in [0.4, 0.5) is 0 Å². The number of carbonyl (C=O) groups excluding carboxylic acids is 6. The highest BCUT2D eigenvalue weighted by Gasteiger charge is 2.20. The van der Waals surface area contributed by atoms with Gasteiger partial charge in [0.05, 0.1) is 39.6 Å². The predicted octanol–water partition coefficient (Wildman–Crippen LogP) is 6.44. The van der Waals surface area contributed by atoms with Crippen molar-refractivity contribution in [2.75, 3.05) is 79.6 Å². The molecule has 0 aliphatic carbocycles. The molecule has 19 heteroatoms. The monoisotopic (exact) mass is 997 g/mol. The van der Waals surface area contributed by atoms with Crippen LogP contribution in [0.5, 0.6) is 0 Å². The van der Waals surface area contributed by atoms with Crippen molar-refractivity contribution < 1.29 is 72.6 Å². The molecule has 0 aliphatic heterocycles. The highest BCUT2D eigenvalue weighted by Crippen LogP contribution is 2.13. The zero-order valence-electron chi connectivity index (χ0n) is 44.5. The Morgan fingerprint density at radius 2 is 0.826 bits per heavy atom. The Bertz CT molecular complexity index is 1170. The fourth-order valence-electron chi connectivity index (χ4n) is 5.52. The first-order valence-corrected chi connectivity index (χ1v) is 24.9. The smallest absolute Gasteiger partial charge is 0.326 e. The fraction of sp³-hybridized carbons (Fsp3) is 0.840. The van der Waals surface area contributed by atoms with Gasteiger partial charge in [-0.15, -0.1) is 0 Å². The number of hydrogen-bond acceptors (Lipinski definition) is 13. The second-order valence-corrected chi connectivity index (χ2v) is 17.4. The molecule has 410 valence electrons. The van der Waals surface area contributed by atoms with Crippen LogP contribution in [0.1, 0.15) is 177 Å². The van der Waals surface area contributed by atoms with E-state index in [1.54, 1.807) is 0 Å². The van der Waals surface area contributed by atoms with E-state index in [1.165, 1.54) is 19.3 Å². The van der Waals surface area contributed by atoms with Crippen LogP contribution in [0.25, 0.3) is 0 Å². The number of aliphatic hydroxyl groups excluding tert-OH is 1. The Kier molecular flexibility index (Phi) is 68.7. The number of carbonyl (C=O) groups is 8. The maximum atomic E-state index is 12.3. The highest BCUT2D eigenvalue weighted by molar-refractivity contribution is 5.84. The topological polar surface area (TPSA) is 282 Å². The summed E-state index contributed by atoms with van der Waals surface area (Å²) in [5.41, 5.74) is 0.500. The van der Waals surface area contributed by atoms with Crippen molar-refractivity contribution in [1.29, 1.82) is 0 Å². The van der Waals surface area contributed by atoms with Gasteiger partial charge in [0.2, 0.25) is 23.6 Å². The van der Waals surface area contributed by atoms with E-state index < -0.39 is 18.0 Å². The van der Waals surface area contributed by atoms with Crippen molar-refractivity contribution in [3.63, 3.8) is 0 Å². The van der Waals surface area contributed by atoms with Crippen molar-refractivity contribution in [3.05, 3.63) is 0 Å². The molecule has 7 N–H and O–H groups in total. The molecule has 0 radical (unpaired) electrons. The standard InChI is InChI=1S/C40H74N4O12.C5H12.C2H6.CH4O.2CH2O/c1-33(2)17-15-16-22-41-37(47)31-55-29-28-54-26-24-43-38(48)32-56-30-27-53-25-23-42-35(45)21-20-34(40(51)52)44-36(46)18-13-11-9-7-5-3-4-6-8-10-12-14-19-39(49)50;1-5(2,3)4;4*1-2/h33-34H,3-32H2,1-2H3,(H,41,47)(H,42,45)(H,43,48)(H,44,46)(H,49,50)(H,51,52);1-4H3;1-2H3;2H,1H3;2*1H2/t34-;;;;;/m0...../s1. The SMILES string of the molecule is C=O.C=O.CC.CC(C)(C)C.CC(C)CCCCNC(=O)COCCOCCNC(=O)COCCOCCNC(=O)CC[C@H](NC(=O)CCCCCCCCCCCCCCC(=O)O)C(=O)O.CO. The van der Waals surface area contributed by atoms with Gasteiger partial charge in [-0.3, -0.25) is 24.0 Å². The zero-order chi connectivity index (χ0) is 54.0. The van der Waals surface area contributed by atoms with Crippen LogP contribution in [0.15, 0.2) is 0 Å². The number of amides is 4. The Hall–Kier alpha value is -4.04. The van der Waals surface area contributed by atoms with E-state index in [0.29, 0.717) is 44.1 Å². The average Bonchev–Trinajstić information content (AvgIpc) is 3.31. The summed E-state index contributed by atoms with van der Waals surface area (Å²) < 4.78 is 21.3. The van der Waals surface area contributed by atoms with E-state index in [4.69, 9.17) is 38.7 Å². The molecule has 0 fully saturated rings. The van der Waals surface area contributed by atoms with E-state index in [9.17, 15) is 33.9 Å². The van der Waals surface area contributed by atoms with E-state index >= 15 is 0 Å². The molecule has 0 aliphatic rings. The van der Waals surface area contributed by atoms with E-state index in [1.807, 2.05) is 27.4 Å². The van der Waals surface area contributed by atoms with Crippen molar-refractivity contribution in [2.45, 2.75) is 183 Å². The highest BCUT2D eigenvalue weighted by atomic mass is 16.5. The molecule has 0 saturated heterocycles. The van der Waals surface area contributed by atoms with Gasteiger partial charge in [-0.2, -0.15) is 0 Å². The van der Waals surface area contributed by atoms with E-state index in [0.717, 1.165) is 77.7 Å². The Morgan fingerprint density at radius 3 is 1.22 bits per heavy atom. The molecule has 19 nitrogen and oxygen atoms in total. The molecule has 0 bridgehead atoms. The van der Waals surface area contributed by atoms with Crippen LogP contribution in [0.3, 0.4) is 0 Å². The van der Waals surface area contributed by atoms with Gasteiger partial charge >= 0.3 is 11.9 Å². The van der Waals surface area contributed by atoms with Gasteiger partial charge in [-0.25, -0.2) is 4.79 Å². The van der Waals surface area contributed by atoms with Gasteiger partial charge in [0.1, 0.15) is 32.8 Å². The van der Waals surface area contributed by atoms with Gasteiger partial charge < -0.3 is 65.1 Å². The van der Waals surface area contributed by atoms with Gasteiger partial charge in [0.25, 0.3) is 0 Å². The van der Waals surface area contributed by atoms with E-state index in [-0.39, 0.29) is 95.5 Å². The molecule has 0 heterocycles. The first kappa shape index (κ1) is 76.4. The maximum absolute atomic E-state index is 12.3. The van der Waals surface area contributed by atoms with Gasteiger partial charge in [0, 0.05) is 46.0 Å². The summed E-state index contributed by atoms with van der Waals surface area (Å²) in [5.74, 6) is -2.36. The van der Waals surface area contributed by atoms with Gasteiger partial charge in [0.15, 0.2) is 0 Å². The van der Waals surface area contributed by atoms with Crippen LogP contribution in [-0.4, -0.2) is 150 Å². The summed E-state index contributed by atoms with van der Waals surface area (Å²) in [7, 11) is 1.00. The minimum Gasteiger partial charge on any atom is -0.481 e. The molecule has 0 rings (SSSR count). The Balaban J connectivity index is -0.000000686. The third-order valence-electron chi connectivity index (χ3n) is 8.72. The first-order chi connectivity index (χ1) is 33.0. The molecule has 0 aromatic carbocycles. The molecule has 0 aromatic rings. The summed E-state index contributed by atoms with van der Waals surface area (Å²) in [6.07, 6.45) is 16.0. The number of aliphatic hydroxyl groups is 1. The number of unbranched alkanes of at least 4 members (excludes halogenated alkanes) is 12. The predicted molar refractivity (Wildman–Crippen MR) is 271 cm³/mol. The van der Waals surface area contributed by atoms with Gasteiger partial charge in [-0.1, -0.05) is 132 Å². The average molecular weight is 997 g/mol. The maximum Gasteiger partial charge on any atom is 0.326 e. The lowest BCUT2D eigenvalue weighted by Gasteiger charge is -2.14. The number of aliphatic carboxylic acids is 2. The molecule has 0 aromatic heterocycles. The number of hydrogen-bond donors (Lipinski definition) is 7. The second kappa shape index (κ2) is 62.0. The zero-order valence-corrected chi connectivity index (χ0v) is 44.5. The lowest BCUT2D eigenvalue weighted by Crippen LogP contribution is -2.41. The lowest BCUT2D eigenvalue weighted by molar-refractivity contribution is -0.142. The molecule has 4 amide bonds. The molecule has 1 atom stereocenters. The molecular weight excluding hydrogens is 897 g/mol. The van der Waals surface area contributed by atoms with Crippen LogP contribution >= 0.6 is 0 Å². The number of carboxylic acid groups (broad SMARTS) is 2. The second-order valence-electron chi connectivity index (χ2n) is 17.4. The summed E-state index contributed by atoms with van der Waals surface area (Å²) in [6.45, 7) is 23.6. The van der Waals surface area contributed by atoms with Crippen LogP contribution in [0, 0.1) is 11.3 Å². The summed E-state index contributed by atoms with van der Waals surface area (Å²) in [4.78, 5) is 86.2. The Morgan fingerprint density at radius 1 is 0.464 bits per heavy atom. The lowest BCUT2D eigenvalue weighted by atomic mass is 10.0. The third kappa shape index (κ3) is 78.4. The van der Waals surface area contributed by atoms with Crippen LogP contribution in [-0.2, 0) is 57.3 Å². The number of ether oxygens (including phenoxy) is 4. The molecule has 0 unspecified atom stereocenters. The minimum absolute atomic E-state index is 0.00975. The largest absolute Gasteiger partial charge is 0.481 e. The third-order valence-corrected chi connectivity index (χ3v) is 8.72. The summed E-state index contributed by atoms with van der Waals surface area (Å²) >= 11 is 0. The van der Waals surface area contributed by atoms with Crippen LogP contribution < -0.4 is 21.3 Å². The molecular formula is C50H100N4O15. The quantitative estimate of drug-likeness (QED) is 0.0325. The number of carboxylic acids is 2. The van der Waals surface area contributed by atoms with Crippen LogP contribution in [0.2, 0.25) is 0 Å². The number of rotatable bonds is 41. The normalized spacial score (nSPS) is 10.6. The summed E-state index contributed by atoms with van der Waals surface area (Å²) in [5, 5.41) is 35.8.